The summed E-state index contributed by atoms with van der Waals surface area (Å²) < 4.78 is 76.5. The molecule has 0 unspecified atom stereocenters. The molecule has 2 heterocycles. The number of benzene rings is 4. The highest BCUT2D eigenvalue weighted by atomic mass is 32.1. The lowest BCUT2D eigenvalue weighted by Gasteiger charge is -2.29. The number of aryl methyl sites for hydroxylation is 2. The number of unbranched alkanes of at least 4 members (excludes halogenated alkanes) is 1. The Labute approximate surface area is 344 Å². The molecule has 14 heteroatoms. The predicted octanol–water partition coefficient (Wildman–Crippen LogP) is 9.96. The number of Topliss-reactive ketones (excluding diaryl/α,β-unsaturated/α-hetero) is 1. The SMILES string of the molecule is CC1(C)C(=O)N(c2ccc(C#N)c(C(F)(F)F)c2)C(=S)N1c1ccc(CCCCOCCCNCc2ccc(-c3[nH]c4cc(F)cc5c4c3CCCC5=O)cc2)c(F)c1. The lowest BCUT2D eigenvalue weighted by atomic mass is 9.99. The number of rotatable bonds is 14. The molecule has 306 valence electrons. The van der Waals surface area contributed by atoms with Crippen molar-refractivity contribution < 1.29 is 36.3 Å². The van der Waals surface area contributed by atoms with Crippen molar-refractivity contribution in [3.63, 3.8) is 0 Å². The van der Waals surface area contributed by atoms with E-state index in [0.717, 1.165) is 77.0 Å². The molecule has 1 aliphatic carbocycles. The minimum Gasteiger partial charge on any atom is -0.381 e. The Bertz CT molecular complexity index is 2470. The van der Waals surface area contributed by atoms with Gasteiger partial charge in [0.2, 0.25) is 0 Å². The number of nitriles is 1. The van der Waals surface area contributed by atoms with E-state index < -0.39 is 40.4 Å². The van der Waals surface area contributed by atoms with Gasteiger partial charge in [-0.05, 0) is 136 Å². The van der Waals surface area contributed by atoms with Crippen LogP contribution < -0.4 is 15.1 Å². The zero-order valence-corrected chi connectivity index (χ0v) is 33.4. The number of nitrogens with one attached hydrogen (secondary N) is 2. The van der Waals surface area contributed by atoms with Gasteiger partial charge < -0.3 is 19.9 Å². The van der Waals surface area contributed by atoms with Gasteiger partial charge >= 0.3 is 6.18 Å². The summed E-state index contributed by atoms with van der Waals surface area (Å²) in [7, 11) is 0. The lowest BCUT2D eigenvalue weighted by Crippen LogP contribution is -2.44. The number of ether oxygens (including phenoxy) is 1. The first-order chi connectivity index (χ1) is 28.2. The zero-order valence-electron chi connectivity index (χ0n) is 32.6. The molecule has 0 bridgehead atoms. The number of halogens is 5. The molecule has 5 aromatic rings. The quantitative estimate of drug-likeness (QED) is 0.0653. The summed E-state index contributed by atoms with van der Waals surface area (Å²) in [5, 5.41) is 13.3. The third-order valence-electron chi connectivity index (χ3n) is 10.9. The molecule has 0 saturated carbocycles. The van der Waals surface area contributed by atoms with Crippen molar-refractivity contribution in [2.45, 2.75) is 77.1 Å². The summed E-state index contributed by atoms with van der Waals surface area (Å²) in [5.74, 6) is -1.51. The van der Waals surface area contributed by atoms with Crippen LogP contribution in [0.3, 0.4) is 0 Å². The number of aromatic amines is 1. The van der Waals surface area contributed by atoms with Gasteiger partial charge in [0.05, 0.1) is 22.9 Å². The monoisotopic (exact) mass is 827 g/mol. The predicted molar refractivity (Wildman–Crippen MR) is 220 cm³/mol. The molecule has 0 radical (unpaired) electrons. The second-order valence-electron chi connectivity index (χ2n) is 15.4. The van der Waals surface area contributed by atoms with Gasteiger partial charge in [-0.1, -0.05) is 30.3 Å². The molecule has 0 spiro atoms. The Balaban J connectivity index is 0.838. The number of aromatic nitrogens is 1. The summed E-state index contributed by atoms with van der Waals surface area (Å²) in [5.41, 5.74) is 2.76. The van der Waals surface area contributed by atoms with Gasteiger partial charge in [-0.2, -0.15) is 18.4 Å². The molecule has 1 aliphatic heterocycles. The van der Waals surface area contributed by atoms with E-state index in [2.05, 4.69) is 22.4 Å². The van der Waals surface area contributed by atoms with Gasteiger partial charge in [-0.3, -0.25) is 14.5 Å². The minimum atomic E-state index is -4.82. The van der Waals surface area contributed by atoms with E-state index in [0.29, 0.717) is 55.7 Å². The van der Waals surface area contributed by atoms with E-state index in [1.807, 2.05) is 12.1 Å². The molecule has 1 saturated heterocycles. The Hall–Kier alpha value is -5.49. The van der Waals surface area contributed by atoms with Crippen LogP contribution in [0, 0.1) is 23.0 Å². The molecule has 1 fully saturated rings. The third-order valence-corrected chi connectivity index (χ3v) is 11.3. The number of hydrogen-bond acceptors (Lipinski definition) is 6. The zero-order chi connectivity index (χ0) is 42.1. The van der Waals surface area contributed by atoms with Crippen molar-refractivity contribution in [3.8, 4) is 17.3 Å². The Kier molecular flexibility index (Phi) is 12.0. The maximum Gasteiger partial charge on any atom is 0.417 e. The highest BCUT2D eigenvalue weighted by Gasteiger charge is 2.51. The van der Waals surface area contributed by atoms with E-state index >= 15 is 4.39 Å². The second kappa shape index (κ2) is 17.0. The number of carbonyl (C=O) groups excluding carboxylic acids is 2. The van der Waals surface area contributed by atoms with Gasteiger partial charge in [0.25, 0.3) is 5.91 Å². The van der Waals surface area contributed by atoms with Crippen LogP contribution >= 0.6 is 12.2 Å². The molecular formula is C45H42F5N5O3S. The fraction of sp³-hybridized carbons (Fsp3) is 0.333. The largest absolute Gasteiger partial charge is 0.417 e. The first-order valence-corrected chi connectivity index (χ1v) is 19.9. The van der Waals surface area contributed by atoms with Crippen LogP contribution in [-0.2, 0) is 35.1 Å². The van der Waals surface area contributed by atoms with Gasteiger partial charge in [-0.25, -0.2) is 8.78 Å². The molecular weight excluding hydrogens is 786 g/mol. The average Bonchev–Trinajstić information content (AvgIpc) is 3.57. The summed E-state index contributed by atoms with van der Waals surface area (Å²) in [6, 6.07) is 20.1. The van der Waals surface area contributed by atoms with Gasteiger partial charge in [0, 0.05) is 54.0 Å². The van der Waals surface area contributed by atoms with Crippen molar-refractivity contribution in [3.05, 3.63) is 118 Å². The normalized spacial score (nSPS) is 15.3. The Morgan fingerprint density at radius 2 is 1.68 bits per heavy atom. The van der Waals surface area contributed by atoms with E-state index in [-0.39, 0.29) is 22.3 Å². The molecule has 59 heavy (non-hydrogen) atoms. The third kappa shape index (κ3) is 8.50. The summed E-state index contributed by atoms with van der Waals surface area (Å²) in [4.78, 5) is 31.9. The van der Waals surface area contributed by atoms with Crippen LogP contribution in [0.15, 0.2) is 72.8 Å². The van der Waals surface area contributed by atoms with Crippen molar-refractivity contribution >= 4 is 51.3 Å². The fourth-order valence-corrected chi connectivity index (χ4v) is 8.44. The number of nitrogens with zero attached hydrogens (tertiary/aromatic N) is 3. The van der Waals surface area contributed by atoms with Crippen LogP contribution in [0.1, 0.15) is 84.1 Å². The first kappa shape index (κ1) is 41.7. The summed E-state index contributed by atoms with van der Waals surface area (Å²) >= 11 is 5.57. The number of hydrogen-bond donors (Lipinski definition) is 2. The number of anilines is 2. The van der Waals surface area contributed by atoms with E-state index in [1.165, 1.54) is 35.2 Å². The fourth-order valence-electron chi connectivity index (χ4n) is 7.92. The number of ketones is 1. The van der Waals surface area contributed by atoms with E-state index in [1.54, 1.807) is 26.0 Å². The van der Waals surface area contributed by atoms with Crippen molar-refractivity contribution in [2.75, 3.05) is 29.6 Å². The smallest absolute Gasteiger partial charge is 0.381 e. The lowest BCUT2D eigenvalue weighted by molar-refractivity contribution is -0.137. The van der Waals surface area contributed by atoms with Crippen molar-refractivity contribution in [1.82, 2.24) is 10.3 Å². The summed E-state index contributed by atoms with van der Waals surface area (Å²) in [6.07, 6.45) is -0.244. The Morgan fingerprint density at radius 1 is 0.932 bits per heavy atom. The average molecular weight is 828 g/mol. The summed E-state index contributed by atoms with van der Waals surface area (Å²) in [6.45, 7) is 5.67. The highest BCUT2D eigenvalue weighted by molar-refractivity contribution is 7.81. The first-order valence-electron chi connectivity index (χ1n) is 19.5. The van der Waals surface area contributed by atoms with Gasteiger partial charge in [0.15, 0.2) is 10.9 Å². The van der Waals surface area contributed by atoms with Gasteiger partial charge in [0.1, 0.15) is 17.2 Å². The van der Waals surface area contributed by atoms with Crippen LogP contribution in [0.5, 0.6) is 0 Å². The van der Waals surface area contributed by atoms with Crippen LogP contribution in [0.4, 0.5) is 33.3 Å². The standard InChI is InChI=1S/C45H42F5N5O3S/c1-44(2)42(57)54(32-16-15-30(25-51)36(23-32)45(48,49)50)43(59)55(44)33-17-14-28(37(47)24-33)7-3-4-19-58-20-6-18-52-26-27-10-12-29(13-11-27)41-34-8-5-9-39(56)35-21-31(46)22-38(53-41)40(34)35/h10-17,21-24,52-53H,3-9,18-20,26H2,1-2H3. The molecule has 2 N–H and O–H groups in total. The molecule has 7 rings (SSSR count). The number of carbonyl (C=O) groups is 2. The topological polar surface area (TPSA) is 101 Å². The number of thiocarbonyl (C=S) groups is 1. The van der Waals surface area contributed by atoms with Crippen LogP contribution in [0.2, 0.25) is 0 Å². The second-order valence-corrected chi connectivity index (χ2v) is 15.7. The van der Waals surface area contributed by atoms with E-state index in [9.17, 15) is 32.4 Å². The molecule has 1 amide bonds. The van der Waals surface area contributed by atoms with Crippen LogP contribution in [-0.4, -0.2) is 47.1 Å². The maximum absolute atomic E-state index is 15.4. The molecule has 0 atom stereocenters. The number of H-pyrrole nitrogens is 1. The maximum atomic E-state index is 15.4. The highest BCUT2D eigenvalue weighted by Crippen LogP contribution is 2.41. The number of alkyl halides is 3. The molecule has 4 aromatic carbocycles. The van der Waals surface area contributed by atoms with Crippen LogP contribution in [0.25, 0.3) is 22.2 Å². The Morgan fingerprint density at radius 3 is 2.41 bits per heavy atom. The number of amides is 1. The van der Waals surface area contributed by atoms with E-state index in [4.69, 9.17) is 17.0 Å². The van der Waals surface area contributed by atoms with Gasteiger partial charge in [-0.15, -0.1) is 0 Å². The molecule has 2 aliphatic rings. The van der Waals surface area contributed by atoms with Crippen molar-refractivity contribution in [1.29, 1.82) is 5.26 Å². The van der Waals surface area contributed by atoms with Crippen molar-refractivity contribution in [2.24, 2.45) is 0 Å². The molecule has 8 nitrogen and oxygen atoms in total. The minimum absolute atomic E-state index is 0.0178. The molecule has 1 aromatic heterocycles.